The van der Waals surface area contributed by atoms with Crippen molar-refractivity contribution in [1.82, 2.24) is 15.1 Å². The molecular weight excluding hydrogens is 444 g/mol. The van der Waals surface area contributed by atoms with Crippen molar-refractivity contribution < 1.29 is 27.9 Å². The number of piperidine rings is 2. The van der Waals surface area contributed by atoms with E-state index in [-0.39, 0.29) is 43.2 Å². The average molecular weight is 476 g/mol. The van der Waals surface area contributed by atoms with Crippen molar-refractivity contribution >= 4 is 17.7 Å². The number of nitrogens with one attached hydrogen (secondary N) is 1. The summed E-state index contributed by atoms with van der Waals surface area (Å²) in [5, 5.41) is 2.31. The lowest BCUT2D eigenvalue weighted by molar-refractivity contribution is -0.136. The molecule has 1 aromatic rings. The van der Waals surface area contributed by atoms with E-state index < -0.39 is 17.9 Å². The number of hydrogen-bond acceptors (Lipinski definition) is 5. The van der Waals surface area contributed by atoms with Crippen LogP contribution in [-0.2, 0) is 16.1 Å². The Bertz CT molecular complexity index is 975. The molecule has 1 aliphatic carbocycles. The Morgan fingerprint density at radius 2 is 1.85 bits per heavy atom. The second-order valence-electron chi connectivity index (χ2n) is 10.0. The van der Waals surface area contributed by atoms with Gasteiger partial charge in [-0.2, -0.15) is 0 Å². The molecule has 4 aliphatic rings. The molecule has 0 aromatic heterocycles. The number of nitrogens with zero attached hydrogens (tertiary/aromatic N) is 2. The van der Waals surface area contributed by atoms with Crippen LogP contribution in [0.25, 0.3) is 0 Å². The van der Waals surface area contributed by atoms with E-state index in [1.165, 1.54) is 4.90 Å². The minimum absolute atomic E-state index is 0.0374. The van der Waals surface area contributed by atoms with Crippen LogP contribution in [0.3, 0.4) is 0 Å². The maximum Gasteiger partial charge on any atom is 0.255 e. The number of likely N-dealkylation sites (tertiary alicyclic amines) is 1. The molecule has 7 nitrogen and oxygen atoms in total. The number of fused-ring (bicyclic) bond motifs is 1. The molecule has 3 amide bonds. The third kappa shape index (κ3) is 4.67. The van der Waals surface area contributed by atoms with Crippen LogP contribution in [-0.4, -0.2) is 64.7 Å². The van der Waals surface area contributed by atoms with Gasteiger partial charge in [0.1, 0.15) is 18.4 Å². The van der Waals surface area contributed by atoms with Crippen LogP contribution in [0.15, 0.2) is 18.2 Å². The van der Waals surface area contributed by atoms with Crippen LogP contribution < -0.4 is 10.1 Å². The van der Waals surface area contributed by atoms with Gasteiger partial charge in [0.25, 0.3) is 5.91 Å². The summed E-state index contributed by atoms with van der Waals surface area (Å²) < 4.78 is 33.4. The Kier molecular flexibility index (Phi) is 6.31. The summed E-state index contributed by atoms with van der Waals surface area (Å²) in [7, 11) is 0. The van der Waals surface area contributed by atoms with Crippen molar-refractivity contribution in [1.29, 1.82) is 0 Å². The fraction of sp³-hybridized carbons (Fsp3) is 0.640. The first-order valence-corrected chi connectivity index (χ1v) is 12.3. The largest absolute Gasteiger partial charge is 0.492 e. The maximum atomic E-state index is 13.6. The van der Waals surface area contributed by atoms with Gasteiger partial charge in [-0.15, -0.1) is 0 Å². The van der Waals surface area contributed by atoms with E-state index in [4.69, 9.17) is 4.74 Å². The zero-order valence-electron chi connectivity index (χ0n) is 19.2. The number of ether oxygens (including phenoxy) is 1. The van der Waals surface area contributed by atoms with Crippen LogP contribution in [0.2, 0.25) is 0 Å². The first kappa shape index (κ1) is 23.2. The summed E-state index contributed by atoms with van der Waals surface area (Å²) in [6.45, 7) is 1.71. The smallest absolute Gasteiger partial charge is 0.255 e. The van der Waals surface area contributed by atoms with E-state index in [1.807, 2.05) is 6.07 Å². The number of alkyl halides is 2. The molecule has 2 saturated heterocycles. The normalized spacial score (nSPS) is 28.1. The van der Waals surface area contributed by atoms with Gasteiger partial charge < -0.3 is 9.64 Å². The van der Waals surface area contributed by atoms with E-state index in [0.717, 1.165) is 31.4 Å². The van der Waals surface area contributed by atoms with Crippen molar-refractivity contribution in [3.63, 3.8) is 0 Å². The highest BCUT2D eigenvalue weighted by molar-refractivity contribution is 6.05. The predicted molar refractivity (Wildman–Crippen MR) is 120 cm³/mol. The number of rotatable bonds is 5. The molecule has 1 N–H and O–H groups in total. The standard InChI is InChI=1S/C25H31F2N3O4/c26-25(27)10-8-17(9-11-25)29-12-2-1-3-18(29)15-34-19-4-5-20-16(13-19)14-30(24(20)33)21-6-7-22(31)28-23(21)32/h4-5,13,17-18,21H,1-3,6-12,14-15H2,(H,28,31,32)/t18-,21?/m1/s1. The fourth-order valence-electron chi connectivity index (χ4n) is 5.87. The number of hydrogen-bond donors (Lipinski definition) is 1. The number of benzene rings is 1. The summed E-state index contributed by atoms with van der Waals surface area (Å²) in [5.74, 6) is -2.80. The average Bonchev–Trinajstić information content (AvgIpc) is 3.13. The quantitative estimate of drug-likeness (QED) is 0.662. The Labute approximate surface area is 197 Å². The van der Waals surface area contributed by atoms with Crippen LogP contribution in [0.5, 0.6) is 5.75 Å². The molecule has 1 saturated carbocycles. The molecular formula is C25H31F2N3O4. The molecule has 0 spiro atoms. The molecule has 9 heteroatoms. The number of halogens is 2. The number of imide groups is 1. The lowest BCUT2D eigenvalue weighted by Gasteiger charge is -2.43. The van der Waals surface area contributed by atoms with Crippen molar-refractivity contribution in [2.24, 2.45) is 0 Å². The SMILES string of the molecule is O=C1CCC(N2Cc3cc(OC[C@H]4CCCCN4C4CCC(F)(F)CC4)ccc3C2=O)C(=O)N1. The van der Waals surface area contributed by atoms with Gasteiger partial charge in [-0.3, -0.25) is 24.6 Å². The van der Waals surface area contributed by atoms with Gasteiger partial charge in [-0.25, -0.2) is 8.78 Å². The third-order valence-electron chi connectivity index (χ3n) is 7.77. The van der Waals surface area contributed by atoms with E-state index in [2.05, 4.69) is 10.2 Å². The molecule has 3 aliphatic heterocycles. The second-order valence-corrected chi connectivity index (χ2v) is 10.0. The van der Waals surface area contributed by atoms with Gasteiger partial charge >= 0.3 is 0 Å². The van der Waals surface area contributed by atoms with Crippen molar-refractivity contribution in [2.75, 3.05) is 13.2 Å². The number of amides is 3. The van der Waals surface area contributed by atoms with E-state index >= 15 is 0 Å². The van der Waals surface area contributed by atoms with Gasteiger partial charge in [-0.05, 0) is 62.4 Å². The maximum absolute atomic E-state index is 13.6. The first-order chi connectivity index (χ1) is 16.3. The molecule has 1 aromatic carbocycles. The summed E-state index contributed by atoms with van der Waals surface area (Å²) in [6, 6.07) is 5.11. The van der Waals surface area contributed by atoms with Crippen molar-refractivity contribution in [3.8, 4) is 5.75 Å². The fourth-order valence-corrected chi connectivity index (χ4v) is 5.87. The third-order valence-corrected chi connectivity index (χ3v) is 7.77. The van der Waals surface area contributed by atoms with Gasteiger partial charge in [0.2, 0.25) is 17.7 Å². The van der Waals surface area contributed by atoms with Crippen molar-refractivity contribution in [3.05, 3.63) is 29.3 Å². The number of carbonyl (C=O) groups excluding carboxylic acids is 3. The molecule has 2 atom stereocenters. The predicted octanol–water partition coefficient (Wildman–Crippen LogP) is 3.26. The van der Waals surface area contributed by atoms with Crippen LogP contribution >= 0.6 is 0 Å². The molecule has 34 heavy (non-hydrogen) atoms. The minimum atomic E-state index is -2.53. The second kappa shape index (κ2) is 9.24. The molecule has 5 rings (SSSR count). The molecule has 0 bridgehead atoms. The van der Waals surface area contributed by atoms with Crippen LogP contribution in [0.4, 0.5) is 8.78 Å². The van der Waals surface area contributed by atoms with Gasteiger partial charge in [0.15, 0.2) is 0 Å². The monoisotopic (exact) mass is 475 g/mol. The first-order valence-electron chi connectivity index (χ1n) is 12.3. The lowest BCUT2D eigenvalue weighted by Crippen LogP contribution is -2.52. The highest BCUT2D eigenvalue weighted by atomic mass is 19.3. The minimum Gasteiger partial charge on any atom is -0.492 e. The molecule has 0 radical (unpaired) electrons. The summed E-state index contributed by atoms with van der Waals surface area (Å²) in [6.07, 6.45) is 4.71. The topological polar surface area (TPSA) is 79.0 Å². The molecule has 184 valence electrons. The van der Waals surface area contributed by atoms with Crippen LogP contribution in [0.1, 0.15) is 73.7 Å². The zero-order chi connectivity index (χ0) is 23.9. The Balaban J connectivity index is 1.22. The van der Waals surface area contributed by atoms with E-state index in [1.54, 1.807) is 12.1 Å². The molecule has 3 heterocycles. The van der Waals surface area contributed by atoms with E-state index in [0.29, 0.717) is 43.7 Å². The van der Waals surface area contributed by atoms with E-state index in [9.17, 15) is 23.2 Å². The Hall–Kier alpha value is -2.55. The van der Waals surface area contributed by atoms with Gasteiger partial charge in [0, 0.05) is 43.5 Å². The molecule has 1 unspecified atom stereocenters. The van der Waals surface area contributed by atoms with Crippen molar-refractivity contribution in [2.45, 2.75) is 88.4 Å². The highest BCUT2D eigenvalue weighted by Gasteiger charge is 2.40. The summed E-state index contributed by atoms with van der Waals surface area (Å²) in [4.78, 5) is 40.4. The Morgan fingerprint density at radius 1 is 1.06 bits per heavy atom. The highest BCUT2D eigenvalue weighted by Crippen LogP contribution is 2.37. The lowest BCUT2D eigenvalue weighted by atomic mass is 9.88. The van der Waals surface area contributed by atoms with Gasteiger partial charge in [0.05, 0.1) is 0 Å². The van der Waals surface area contributed by atoms with Crippen LogP contribution in [0, 0.1) is 0 Å². The summed E-state index contributed by atoms with van der Waals surface area (Å²) >= 11 is 0. The molecule has 3 fully saturated rings. The van der Waals surface area contributed by atoms with Gasteiger partial charge in [-0.1, -0.05) is 6.42 Å². The summed E-state index contributed by atoms with van der Waals surface area (Å²) in [5.41, 5.74) is 1.36. The number of carbonyl (C=O) groups is 3. The zero-order valence-corrected chi connectivity index (χ0v) is 19.2. The Morgan fingerprint density at radius 3 is 2.62 bits per heavy atom.